The van der Waals surface area contributed by atoms with Crippen LogP contribution in [0.2, 0.25) is 0 Å². The highest BCUT2D eigenvalue weighted by Gasteiger charge is 2.38. The molecule has 0 aliphatic carbocycles. The fourth-order valence-electron chi connectivity index (χ4n) is 3.72. The smallest absolute Gasteiger partial charge is 0.388 e. The molecule has 1 aromatic heterocycles. The van der Waals surface area contributed by atoms with E-state index in [9.17, 15) is 14.0 Å². The average Bonchev–Trinajstić information content (AvgIpc) is 3.14. The van der Waals surface area contributed by atoms with Gasteiger partial charge in [0.1, 0.15) is 12.4 Å². The Morgan fingerprint density at radius 1 is 1.17 bits per heavy atom. The summed E-state index contributed by atoms with van der Waals surface area (Å²) in [6.07, 6.45) is 1.55. The van der Waals surface area contributed by atoms with Crippen molar-refractivity contribution in [1.82, 2.24) is 9.78 Å². The molecule has 2 aromatic carbocycles. The summed E-state index contributed by atoms with van der Waals surface area (Å²) in [5, 5.41) is 4.07. The number of aromatic nitrogens is 2. The van der Waals surface area contributed by atoms with E-state index in [1.807, 2.05) is 36.2 Å². The van der Waals surface area contributed by atoms with Gasteiger partial charge in [0.15, 0.2) is 5.78 Å². The summed E-state index contributed by atoms with van der Waals surface area (Å²) in [5.74, 6) is -1.37. The van der Waals surface area contributed by atoms with Crippen molar-refractivity contribution in [3.05, 3.63) is 82.2 Å². The second-order valence-corrected chi connectivity index (χ2v) is 7.53. The molecule has 0 amide bonds. The van der Waals surface area contributed by atoms with Gasteiger partial charge in [0.2, 0.25) is 5.89 Å². The number of para-hydroxylation sites is 1. The number of hydrogen-bond donors (Lipinski definition) is 0. The molecule has 3 aromatic rings. The quantitative estimate of drug-likeness (QED) is 0.635. The van der Waals surface area contributed by atoms with Gasteiger partial charge < -0.3 is 9.32 Å². The summed E-state index contributed by atoms with van der Waals surface area (Å²) < 4.78 is 19.2. The number of hydrogen-bond acceptors (Lipinski definition) is 5. The van der Waals surface area contributed by atoms with Crippen LogP contribution >= 0.6 is 0 Å². The van der Waals surface area contributed by atoms with E-state index < -0.39 is 11.6 Å². The van der Waals surface area contributed by atoms with Crippen LogP contribution in [-0.4, -0.2) is 22.6 Å². The third-order valence-electron chi connectivity index (χ3n) is 5.24. The lowest BCUT2D eigenvalue weighted by molar-refractivity contribution is -0.115. The molecule has 7 heteroatoms. The highest BCUT2D eigenvalue weighted by Crippen LogP contribution is 2.46. The van der Waals surface area contributed by atoms with Crippen molar-refractivity contribution >= 4 is 11.5 Å². The number of carbonyl (C=O) groups excluding carboxylic acids is 1. The minimum absolute atomic E-state index is 0.0428. The summed E-state index contributed by atoms with van der Waals surface area (Å²) in [6, 6.07) is 13.4. The highest BCUT2D eigenvalue weighted by molar-refractivity contribution is 5.92. The van der Waals surface area contributed by atoms with Crippen molar-refractivity contribution in [3.63, 3.8) is 0 Å². The topological polar surface area (TPSA) is 68.3 Å². The van der Waals surface area contributed by atoms with Gasteiger partial charge in [-0.3, -0.25) is 4.79 Å². The third-order valence-corrected chi connectivity index (χ3v) is 5.24. The number of allylic oxidation sites excluding steroid dienone is 2. The van der Waals surface area contributed by atoms with Crippen molar-refractivity contribution in [2.75, 3.05) is 11.9 Å². The van der Waals surface area contributed by atoms with Crippen LogP contribution in [0.5, 0.6) is 0 Å². The van der Waals surface area contributed by atoms with Crippen LogP contribution in [0.25, 0.3) is 11.5 Å². The van der Waals surface area contributed by atoms with E-state index >= 15 is 0 Å². The maximum absolute atomic E-state index is 13.1. The predicted molar refractivity (Wildman–Crippen MR) is 107 cm³/mol. The Bertz CT molecular complexity index is 1170. The molecule has 0 atom stereocenters. The number of anilines is 1. The van der Waals surface area contributed by atoms with Gasteiger partial charge in [0.25, 0.3) is 0 Å². The van der Waals surface area contributed by atoms with E-state index in [0.29, 0.717) is 5.56 Å². The number of halogens is 1. The van der Waals surface area contributed by atoms with E-state index in [4.69, 9.17) is 4.42 Å². The van der Waals surface area contributed by atoms with Crippen LogP contribution in [0.4, 0.5) is 10.1 Å². The molecule has 29 heavy (non-hydrogen) atoms. The van der Waals surface area contributed by atoms with Crippen LogP contribution < -0.4 is 10.7 Å². The Kier molecular flexibility index (Phi) is 4.45. The first-order valence-electron chi connectivity index (χ1n) is 9.19. The van der Waals surface area contributed by atoms with Crippen molar-refractivity contribution < 1.29 is 13.6 Å². The second-order valence-electron chi connectivity index (χ2n) is 7.53. The molecule has 0 bridgehead atoms. The van der Waals surface area contributed by atoms with E-state index in [0.717, 1.165) is 21.6 Å². The monoisotopic (exact) mass is 393 g/mol. The van der Waals surface area contributed by atoms with E-state index in [1.54, 1.807) is 6.08 Å². The first-order valence-corrected chi connectivity index (χ1v) is 9.19. The van der Waals surface area contributed by atoms with E-state index in [1.165, 1.54) is 24.3 Å². The number of nitrogens with zero attached hydrogens (tertiary/aromatic N) is 3. The third kappa shape index (κ3) is 3.29. The van der Waals surface area contributed by atoms with Crippen LogP contribution in [0.3, 0.4) is 0 Å². The molecule has 0 radical (unpaired) electrons. The van der Waals surface area contributed by atoms with Gasteiger partial charge in [-0.1, -0.05) is 32.0 Å². The molecule has 6 nitrogen and oxygen atoms in total. The normalized spacial score (nSPS) is 16.3. The molecule has 148 valence electrons. The maximum Gasteiger partial charge on any atom is 0.437 e. The summed E-state index contributed by atoms with van der Waals surface area (Å²) in [6.45, 7) is 3.88. The molecule has 0 N–H and O–H groups in total. The van der Waals surface area contributed by atoms with Crippen molar-refractivity contribution in [3.8, 4) is 11.5 Å². The Morgan fingerprint density at radius 2 is 1.86 bits per heavy atom. The molecule has 0 unspecified atom stereocenters. The van der Waals surface area contributed by atoms with Gasteiger partial charge in [0.05, 0.1) is 0 Å². The lowest BCUT2D eigenvalue weighted by Gasteiger charge is -2.23. The van der Waals surface area contributed by atoms with Crippen molar-refractivity contribution in [2.45, 2.75) is 25.8 Å². The van der Waals surface area contributed by atoms with Crippen molar-refractivity contribution in [2.24, 2.45) is 0 Å². The van der Waals surface area contributed by atoms with Crippen LogP contribution in [-0.2, 0) is 16.8 Å². The Labute approximate surface area is 166 Å². The fourth-order valence-corrected chi connectivity index (χ4v) is 3.72. The summed E-state index contributed by atoms with van der Waals surface area (Å²) >= 11 is 0. The van der Waals surface area contributed by atoms with E-state index in [-0.39, 0.29) is 23.6 Å². The first-order chi connectivity index (χ1) is 13.8. The number of benzene rings is 2. The minimum atomic E-state index is -0.738. The van der Waals surface area contributed by atoms with Gasteiger partial charge in [0, 0.05) is 35.5 Å². The number of fused-ring (bicyclic) bond motifs is 1. The number of rotatable bonds is 4. The number of carbonyl (C=O) groups is 1. The first kappa shape index (κ1) is 18.9. The van der Waals surface area contributed by atoms with Gasteiger partial charge >= 0.3 is 5.76 Å². The predicted octanol–water partition coefficient (Wildman–Crippen LogP) is 3.52. The molecule has 0 spiro atoms. The van der Waals surface area contributed by atoms with Gasteiger partial charge in [-0.05, 0) is 35.9 Å². The molecule has 2 heterocycles. The molecule has 0 saturated heterocycles. The fraction of sp³-hybridized carbons (Fsp3) is 0.227. The molecule has 0 fully saturated rings. The number of likely N-dealkylation sites (N-methyl/N-ethyl adjacent to an activating group) is 1. The Balaban J connectivity index is 1.59. The van der Waals surface area contributed by atoms with Gasteiger partial charge in [-0.25, -0.2) is 9.18 Å². The van der Waals surface area contributed by atoms with Crippen LogP contribution in [0, 0.1) is 5.82 Å². The zero-order valence-corrected chi connectivity index (χ0v) is 16.3. The molecular weight excluding hydrogens is 373 g/mol. The van der Waals surface area contributed by atoms with Crippen LogP contribution in [0.1, 0.15) is 19.4 Å². The zero-order chi connectivity index (χ0) is 20.8. The molecule has 0 saturated carbocycles. The van der Waals surface area contributed by atoms with Crippen molar-refractivity contribution in [1.29, 1.82) is 0 Å². The SMILES string of the molecule is CN1/C(=C\C(=O)Cn2nc(-c3ccc(F)cc3)oc2=O)C(C)(C)c2ccccc21. The standard InChI is InChI=1S/C22H20FN3O3/c1-22(2)17-6-4-5-7-18(17)25(3)19(22)12-16(27)13-26-21(28)29-20(24-26)14-8-10-15(23)11-9-14/h4-12H,13H2,1-3H3/b19-12-. The Hall–Kier alpha value is -3.48. The largest absolute Gasteiger partial charge is 0.437 e. The van der Waals surface area contributed by atoms with Crippen LogP contribution in [0.15, 0.2) is 69.5 Å². The summed E-state index contributed by atoms with van der Waals surface area (Å²) in [5.41, 5.74) is 3.15. The molecule has 4 rings (SSSR count). The number of ketones is 1. The molecule has 1 aliphatic heterocycles. The summed E-state index contributed by atoms with van der Waals surface area (Å²) in [4.78, 5) is 26.8. The lowest BCUT2D eigenvalue weighted by Crippen LogP contribution is -2.26. The molecule has 1 aliphatic rings. The highest BCUT2D eigenvalue weighted by atomic mass is 19.1. The maximum atomic E-state index is 13.1. The van der Waals surface area contributed by atoms with Gasteiger partial charge in [-0.2, -0.15) is 4.68 Å². The lowest BCUT2D eigenvalue weighted by atomic mass is 9.83. The Morgan fingerprint density at radius 3 is 2.55 bits per heavy atom. The average molecular weight is 393 g/mol. The summed E-state index contributed by atoms with van der Waals surface area (Å²) in [7, 11) is 1.92. The van der Waals surface area contributed by atoms with Gasteiger partial charge in [-0.15, -0.1) is 5.10 Å². The minimum Gasteiger partial charge on any atom is -0.388 e. The second kappa shape index (κ2) is 6.84. The molecular formula is C22H20FN3O3. The van der Waals surface area contributed by atoms with E-state index in [2.05, 4.69) is 18.9 Å². The zero-order valence-electron chi connectivity index (χ0n) is 16.3.